The van der Waals surface area contributed by atoms with E-state index < -0.39 is 6.10 Å². The van der Waals surface area contributed by atoms with Gasteiger partial charge in [0, 0.05) is 24.5 Å². The summed E-state index contributed by atoms with van der Waals surface area (Å²) < 4.78 is 0. The zero-order chi connectivity index (χ0) is 14.4. The first-order valence-corrected chi connectivity index (χ1v) is 6.80. The Kier molecular flexibility index (Phi) is 5.35. The van der Waals surface area contributed by atoms with Gasteiger partial charge in [-0.2, -0.15) is 0 Å². The van der Waals surface area contributed by atoms with Crippen molar-refractivity contribution in [3.05, 3.63) is 58.9 Å². The van der Waals surface area contributed by atoms with Gasteiger partial charge in [0.25, 0.3) is 0 Å². The van der Waals surface area contributed by atoms with E-state index in [2.05, 4.69) is 10.3 Å². The number of nitrogens with one attached hydrogen (secondary N) is 1. The quantitative estimate of drug-likeness (QED) is 0.715. The van der Waals surface area contributed by atoms with E-state index in [1.807, 2.05) is 12.1 Å². The fraction of sp³-hybridized carbons (Fsp3) is 0.267. The molecule has 0 saturated heterocycles. The molecule has 0 spiro atoms. The number of pyridine rings is 1. The van der Waals surface area contributed by atoms with Crippen LogP contribution in [0.2, 0.25) is 5.02 Å². The van der Waals surface area contributed by atoms with E-state index in [1.54, 1.807) is 24.4 Å². The molecule has 0 radical (unpaired) electrons. The van der Waals surface area contributed by atoms with Crippen molar-refractivity contribution in [1.29, 1.82) is 0 Å². The molecule has 1 atom stereocenters. The minimum Gasteiger partial charge on any atom is -0.508 e. The van der Waals surface area contributed by atoms with E-state index >= 15 is 0 Å². The third-order valence-corrected chi connectivity index (χ3v) is 3.18. The number of nitrogens with zero attached hydrogens (tertiary/aromatic N) is 1. The number of phenolic OH excluding ortho intramolecular Hbond substituents is 1. The molecule has 0 unspecified atom stereocenters. The standard InChI is InChI=1S/C15H17ClN2O2/c16-13-7-12(8-18-9-13)15(20)10-17-6-5-11-1-3-14(19)4-2-11/h1-4,7-9,15,17,19-20H,5-6,10H2/t15-/m0/s1. The summed E-state index contributed by atoms with van der Waals surface area (Å²) in [4.78, 5) is 3.95. The normalized spacial score (nSPS) is 12.3. The van der Waals surface area contributed by atoms with Crippen molar-refractivity contribution in [2.75, 3.05) is 13.1 Å². The van der Waals surface area contributed by atoms with Crippen molar-refractivity contribution in [3.63, 3.8) is 0 Å². The lowest BCUT2D eigenvalue weighted by Crippen LogP contribution is -2.23. The highest BCUT2D eigenvalue weighted by molar-refractivity contribution is 6.30. The molecule has 1 aromatic heterocycles. The van der Waals surface area contributed by atoms with E-state index in [-0.39, 0.29) is 5.75 Å². The summed E-state index contributed by atoms with van der Waals surface area (Å²) in [5.74, 6) is 0.269. The lowest BCUT2D eigenvalue weighted by atomic mass is 10.1. The predicted octanol–water partition coefficient (Wildman–Crippen LogP) is 2.31. The number of phenols is 1. The van der Waals surface area contributed by atoms with Gasteiger partial charge < -0.3 is 15.5 Å². The van der Waals surface area contributed by atoms with Crippen molar-refractivity contribution < 1.29 is 10.2 Å². The average Bonchev–Trinajstić information content (AvgIpc) is 2.45. The van der Waals surface area contributed by atoms with Crippen molar-refractivity contribution in [2.24, 2.45) is 0 Å². The number of halogens is 1. The molecule has 5 heteroatoms. The minimum absolute atomic E-state index is 0.269. The molecule has 0 saturated carbocycles. The third-order valence-electron chi connectivity index (χ3n) is 2.98. The smallest absolute Gasteiger partial charge is 0.115 e. The van der Waals surface area contributed by atoms with Gasteiger partial charge in [-0.1, -0.05) is 23.7 Å². The van der Waals surface area contributed by atoms with Gasteiger partial charge in [0.05, 0.1) is 11.1 Å². The zero-order valence-electron chi connectivity index (χ0n) is 11.0. The Morgan fingerprint density at radius 1 is 1.20 bits per heavy atom. The molecule has 1 aromatic carbocycles. The summed E-state index contributed by atoms with van der Waals surface area (Å²) in [6.07, 6.45) is 3.36. The van der Waals surface area contributed by atoms with Crippen LogP contribution in [0, 0.1) is 0 Å². The lowest BCUT2D eigenvalue weighted by molar-refractivity contribution is 0.174. The second-order valence-corrected chi connectivity index (χ2v) is 5.01. The summed E-state index contributed by atoms with van der Waals surface area (Å²) in [7, 11) is 0. The van der Waals surface area contributed by atoms with Crippen LogP contribution in [-0.4, -0.2) is 28.3 Å². The molecule has 0 aliphatic carbocycles. The second-order valence-electron chi connectivity index (χ2n) is 4.57. The van der Waals surface area contributed by atoms with Crippen LogP contribution in [0.1, 0.15) is 17.2 Å². The topological polar surface area (TPSA) is 65.4 Å². The van der Waals surface area contributed by atoms with Crippen LogP contribution in [0.3, 0.4) is 0 Å². The molecule has 0 aliphatic rings. The summed E-state index contributed by atoms with van der Waals surface area (Å²) in [6, 6.07) is 8.81. The van der Waals surface area contributed by atoms with Gasteiger partial charge in [-0.15, -0.1) is 0 Å². The maximum atomic E-state index is 9.98. The molecule has 0 fully saturated rings. The molecule has 4 nitrogen and oxygen atoms in total. The van der Waals surface area contributed by atoms with Crippen molar-refractivity contribution >= 4 is 11.6 Å². The van der Waals surface area contributed by atoms with Gasteiger partial charge in [-0.05, 0) is 36.7 Å². The van der Waals surface area contributed by atoms with Crippen LogP contribution in [0.25, 0.3) is 0 Å². The molecule has 20 heavy (non-hydrogen) atoms. The first-order valence-electron chi connectivity index (χ1n) is 6.42. The first kappa shape index (κ1) is 14.8. The molecule has 3 N–H and O–H groups in total. The highest BCUT2D eigenvalue weighted by Gasteiger charge is 2.07. The Labute approximate surface area is 123 Å². The number of benzene rings is 1. The van der Waals surface area contributed by atoms with Crippen LogP contribution < -0.4 is 5.32 Å². The molecule has 2 aromatic rings. The Balaban J connectivity index is 1.74. The van der Waals surface area contributed by atoms with Crippen LogP contribution >= 0.6 is 11.6 Å². The Morgan fingerprint density at radius 3 is 2.65 bits per heavy atom. The predicted molar refractivity (Wildman–Crippen MR) is 78.9 cm³/mol. The van der Waals surface area contributed by atoms with E-state index in [0.717, 1.165) is 18.5 Å². The summed E-state index contributed by atoms with van der Waals surface area (Å²) >= 11 is 5.83. The first-order chi connectivity index (χ1) is 9.65. The van der Waals surface area contributed by atoms with Crippen LogP contribution in [0.5, 0.6) is 5.75 Å². The van der Waals surface area contributed by atoms with Crippen LogP contribution in [0.15, 0.2) is 42.7 Å². The molecule has 0 amide bonds. The minimum atomic E-state index is -0.624. The van der Waals surface area contributed by atoms with Crippen molar-refractivity contribution in [2.45, 2.75) is 12.5 Å². The van der Waals surface area contributed by atoms with Gasteiger partial charge >= 0.3 is 0 Å². The molecule has 0 bridgehead atoms. The van der Waals surface area contributed by atoms with E-state index in [0.29, 0.717) is 17.1 Å². The van der Waals surface area contributed by atoms with Crippen LogP contribution in [0.4, 0.5) is 0 Å². The highest BCUT2D eigenvalue weighted by atomic mass is 35.5. The summed E-state index contributed by atoms with van der Waals surface area (Å²) in [6.45, 7) is 1.19. The van der Waals surface area contributed by atoms with E-state index in [1.165, 1.54) is 6.20 Å². The Morgan fingerprint density at radius 2 is 1.95 bits per heavy atom. The van der Waals surface area contributed by atoms with Gasteiger partial charge in [0.15, 0.2) is 0 Å². The van der Waals surface area contributed by atoms with Gasteiger partial charge in [-0.25, -0.2) is 0 Å². The van der Waals surface area contributed by atoms with Crippen molar-refractivity contribution in [3.8, 4) is 5.75 Å². The Bertz CT molecular complexity index is 546. The maximum Gasteiger partial charge on any atom is 0.115 e. The molecule has 0 aliphatic heterocycles. The SMILES string of the molecule is Oc1ccc(CCNC[C@H](O)c2cncc(Cl)c2)cc1. The van der Waals surface area contributed by atoms with E-state index in [4.69, 9.17) is 11.6 Å². The highest BCUT2D eigenvalue weighted by Crippen LogP contribution is 2.15. The molecule has 1 heterocycles. The van der Waals surface area contributed by atoms with Crippen LogP contribution in [-0.2, 0) is 6.42 Å². The lowest BCUT2D eigenvalue weighted by Gasteiger charge is -2.12. The number of rotatable bonds is 6. The largest absolute Gasteiger partial charge is 0.508 e. The second kappa shape index (κ2) is 7.24. The van der Waals surface area contributed by atoms with Crippen molar-refractivity contribution in [1.82, 2.24) is 10.3 Å². The maximum absolute atomic E-state index is 9.98. The summed E-state index contributed by atoms with van der Waals surface area (Å²) in [5, 5.41) is 22.9. The number of aliphatic hydroxyl groups is 1. The monoisotopic (exact) mass is 292 g/mol. The molecular formula is C15H17ClN2O2. The zero-order valence-corrected chi connectivity index (χ0v) is 11.7. The Hall–Kier alpha value is -1.62. The number of aliphatic hydroxyl groups excluding tert-OH is 1. The number of aromatic nitrogens is 1. The number of aromatic hydroxyl groups is 1. The number of hydrogen-bond donors (Lipinski definition) is 3. The summed E-state index contributed by atoms with van der Waals surface area (Å²) in [5.41, 5.74) is 1.84. The molecular weight excluding hydrogens is 276 g/mol. The average molecular weight is 293 g/mol. The molecule has 106 valence electrons. The fourth-order valence-corrected chi connectivity index (χ4v) is 2.04. The number of hydrogen-bond acceptors (Lipinski definition) is 4. The van der Waals surface area contributed by atoms with Gasteiger partial charge in [-0.3, -0.25) is 4.98 Å². The van der Waals surface area contributed by atoms with Gasteiger partial charge in [0.2, 0.25) is 0 Å². The van der Waals surface area contributed by atoms with E-state index in [9.17, 15) is 10.2 Å². The fourth-order valence-electron chi connectivity index (χ4n) is 1.86. The third kappa shape index (κ3) is 4.49. The molecule has 2 rings (SSSR count). The van der Waals surface area contributed by atoms with Gasteiger partial charge in [0.1, 0.15) is 5.75 Å².